The first-order valence-corrected chi connectivity index (χ1v) is 14.7. The zero-order chi connectivity index (χ0) is 27.7. The Morgan fingerprint density at radius 1 is 1.11 bits per heavy atom. The number of carbonyl (C=O) groups excluding carboxylic acids is 1. The number of allylic oxidation sites excluding steroid dienone is 3. The maximum atomic E-state index is 12.5. The third-order valence-electron chi connectivity index (χ3n) is 6.67. The smallest absolute Gasteiger partial charge is 0.224 e. The van der Waals surface area contributed by atoms with Gasteiger partial charge in [-0.1, -0.05) is 55.5 Å². The average molecular weight is 540 g/mol. The Bertz CT molecular complexity index is 1250. The molecular formula is C29H37N3O5S. The molecule has 2 aromatic carbocycles. The predicted octanol–water partition coefficient (Wildman–Crippen LogP) is 4.01. The van der Waals surface area contributed by atoms with Crippen LogP contribution in [0, 0.1) is 5.41 Å². The number of nitrogens with one attached hydrogen (secondary N) is 2. The molecule has 204 valence electrons. The van der Waals surface area contributed by atoms with Gasteiger partial charge in [0.15, 0.2) is 9.84 Å². The molecule has 9 heteroatoms. The number of sulfone groups is 1. The lowest BCUT2D eigenvalue weighted by Gasteiger charge is -2.30. The topological polar surface area (TPSA) is 131 Å². The molecule has 0 spiro atoms. The van der Waals surface area contributed by atoms with Crippen LogP contribution in [0.5, 0.6) is 0 Å². The SMILES string of the molecule is CCC(=N)c1ccc(NC(=O)CCC(O)N(CCO)c2ccc(C3C=CC=CC(S(C)(=O)=O)C3)cc2)cc1. The summed E-state index contributed by atoms with van der Waals surface area (Å²) in [6.07, 6.45) is 8.92. The Kier molecular flexibility index (Phi) is 10.4. The maximum Gasteiger partial charge on any atom is 0.224 e. The normalized spacial score (nSPS) is 18.0. The minimum atomic E-state index is -3.21. The fourth-order valence-corrected chi connectivity index (χ4v) is 5.36. The third kappa shape index (κ3) is 8.11. The van der Waals surface area contributed by atoms with E-state index >= 15 is 0 Å². The first kappa shape index (κ1) is 29.3. The van der Waals surface area contributed by atoms with Crippen molar-refractivity contribution in [2.75, 3.05) is 29.6 Å². The van der Waals surface area contributed by atoms with E-state index in [1.165, 1.54) is 6.26 Å². The summed E-state index contributed by atoms with van der Waals surface area (Å²) in [4.78, 5) is 14.1. The minimum absolute atomic E-state index is 0.0691. The zero-order valence-corrected chi connectivity index (χ0v) is 22.7. The van der Waals surface area contributed by atoms with Gasteiger partial charge in [0.25, 0.3) is 0 Å². The number of hydrogen-bond acceptors (Lipinski definition) is 7. The Balaban J connectivity index is 1.61. The summed E-state index contributed by atoms with van der Waals surface area (Å²) in [5.74, 6) is -0.309. The van der Waals surface area contributed by atoms with E-state index in [1.807, 2.05) is 43.3 Å². The van der Waals surface area contributed by atoms with Gasteiger partial charge in [0, 0.05) is 48.6 Å². The molecule has 0 radical (unpaired) electrons. The maximum absolute atomic E-state index is 12.5. The molecule has 4 N–H and O–H groups in total. The van der Waals surface area contributed by atoms with Gasteiger partial charge in [0.1, 0.15) is 6.23 Å². The second-order valence-electron chi connectivity index (χ2n) is 9.47. The molecule has 3 rings (SSSR count). The lowest BCUT2D eigenvalue weighted by Crippen LogP contribution is -2.38. The highest BCUT2D eigenvalue weighted by atomic mass is 32.2. The Hall–Kier alpha value is -3.27. The van der Waals surface area contributed by atoms with Gasteiger partial charge in [0.2, 0.25) is 5.91 Å². The lowest BCUT2D eigenvalue weighted by molar-refractivity contribution is -0.116. The van der Waals surface area contributed by atoms with Crippen molar-refractivity contribution in [2.45, 2.75) is 50.0 Å². The van der Waals surface area contributed by atoms with E-state index in [-0.39, 0.29) is 37.8 Å². The van der Waals surface area contributed by atoms with Crippen molar-refractivity contribution < 1.29 is 23.4 Å². The van der Waals surface area contributed by atoms with Crippen LogP contribution in [-0.2, 0) is 14.6 Å². The number of aliphatic hydroxyl groups is 2. The summed E-state index contributed by atoms with van der Waals surface area (Å²) >= 11 is 0. The monoisotopic (exact) mass is 539 g/mol. The fraction of sp³-hybridized carbons (Fsp3) is 0.379. The molecular weight excluding hydrogens is 502 g/mol. The average Bonchev–Trinajstić information content (AvgIpc) is 3.17. The highest BCUT2D eigenvalue weighted by Gasteiger charge is 2.24. The van der Waals surface area contributed by atoms with Gasteiger partial charge in [-0.25, -0.2) is 8.42 Å². The van der Waals surface area contributed by atoms with Gasteiger partial charge < -0.3 is 25.8 Å². The van der Waals surface area contributed by atoms with Crippen LogP contribution >= 0.6 is 0 Å². The van der Waals surface area contributed by atoms with Crippen molar-refractivity contribution in [3.05, 3.63) is 84.0 Å². The summed E-state index contributed by atoms with van der Waals surface area (Å²) in [6.45, 7) is 1.94. The summed E-state index contributed by atoms with van der Waals surface area (Å²) in [5.41, 5.74) is 3.62. The second kappa shape index (κ2) is 13.5. The number of rotatable bonds is 12. The molecule has 1 aliphatic rings. The molecule has 1 aliphatic carbocycles. The molecule has 0 aromatic heterocycles. The van der Waals surface area contributed by atoms with Crippen LogP contribution in [0.3, 0.4) is 0 Å². The third-order valence-corrected chi connectivity index (χ3v) is 8.12. The summed E-state index contributed by atoms with van der Waals surface area (Å²) < 4.78 is 24.2. The van der Waals surface area contributed by atoms with Gasteiger partial charge >= 0.3 is 0 Å². The second-order valence-corrected chi connectivity index (χ2v) is 11.7. The molecule has 1 amide bonds. The number of amides is 1. The zero-order valence-electron chi connectivity index (χ0n) is 21.9. The Labute approximate surface area is 225 Å². The molecule has 2 aromatic rings. The summed E-state index contributed by atoms with van der Waals surface area (Å²) in [5, 5.41) is 30.6. The molecule has 0 bridgehead atoms. The molecule has 0 aliphatic heterocycles. The van der Waals surface area contributed by atoms with E-state index < -0.39 is 21.3 Å². The van der Waals surface area contributed by atoms with Crippen LogP contribution in [0.2, 0.25) is 0 Å². The van der Waals surface area contributed by atoms with Crippen LogP contribution < -0.4 is 10.2 Å². The van der Waals surface area contributed by atoms with Crippen molar-refractivity contribution in [1.29, 1.82) is 5.41 Å². The number of anilines is 2. The molecule has 3 unspecified atom stereocenters. The van der Waals surface area contributed by atoms with E-state index in [1.54, 1.807) is 41.3 Å². The first-order valence-electron chi connectivity index (χ1n) is 12.8. The Morgan fingerprint density at radius 3 is 2.37 bits per heavy atom. The highest BCUT2D eigenvalue weighted by molar-refractivity contribution is 7.91. The van der Waals surface area contributed by atoms with Crippen molar-refractivity contribution in [1.82, 2.24) is 0 Å². The molecule has 0 fully saturated rings. The van der Waals surface area contributed by atoms with E-state index in [2.05, 4.69) is 5.32 Å². The Morgan fingerprint density at radius 2 is 1.76 bits per heavy atom. The van der Waals surface area contributed by atoms with Crippen LogP contribution in [0.15, 0.2) is 72.8 Å². The van der Waals surface area contributed by atoms with E-state index in [0.29, 0.717) is 29.9 Å². The van der Waals surface area contributed by atoms with Crippen LogP contribution in [-0.4, -0.2) is 61.1 Å². The number of hydrogen-bond donors (Lipinski definition) is 4. The van der Waals surface area contributed by atoms with Gasteiger partial charge in [-0.15, -0.1) is 0 Å². The molecule has 3 atom stereocenters. The fourth-order valence-electron chi connectivity index (χ4n) is 4.43. The van der Waals surface area contributed by atoms with E-state index in [4.69, 9.17) is 5.41 Å². The molecule has 38 heavy (non-hydrogen) atoms. The number of carbonyl (C=O) groups is 1. The van der Waals surface area contributed by atoms with Gasteiger partial charge in [-0.3, -0.25) is 4.79 Å². The lowest BCUT2D eigenvalue weighted by atomic mass is 9.94. The first-order chi connectivity index (χ1) is 18.1. The number of aliphatic hydroxyl groups excluding tert-OH is 2. The summed E-state index contributed by atoms with van der Waals surface area (Å²) in [7, 11) is -3.21. The minimum Gasteiger partial charge on any atom is -0.395 e. The highest BCUT2D eigenvalue weighted by Crippen LogP contribution is 2.30. The van der Waals surface area contributed by atoms with Crippen molar-refractivity contribution in [3.8, 4) is 0 Å². The van der Waals surface area contributed by atoms with Crippen LogP contribution in [0.4, 0.5) is 11.4 Å². The largest absolute Gasteiger partial charge is 0.395 e. The molecule has 0 saturated heterocycles. The van der Waals surface area contributed by atoms with Crippen molar-refractivity contribution in [3.63, 3.8) is 0 Å². The predicted molar refractivity (Wildman–Crippen MR) is 153 cm³/mol. The molecule has 0 heterocycles. The van der Waals surface area contributed by atoms with Crippen molar-refractivity contribution >= 4 is 32.8 Å². The van der Waals surface area contributed by atoms with Gasteiger partial charge in [-0.05, 0) is 48.2 Å². The molecule has 0 saturated carbocycles. The van der Waals surface area contributed by atoms with Crippen LogP contribution in [0.25, 0.3) is 0 Å². The number of benzene rings is 2. The van der Waals surface area contributed by atoms with E-state index in [0.717, 1.165) is 11.1 Å². The standard InChI is InChI=1S/C29H37N3O5S/c1-3-27(30)22-8-12-24(13-9-22)31-28(34)16-17-29(35)32(18-19-33)25-14-10-21(11-15-25)23-6-4-5-7-26(20-23)38(2,36)37/h4-15,23,26,29-30,33,35H,3,16-20H2,1-2H3,(H,31,34). The number of nitrogens with zero attached hydrogens (tertiary/aromatic N) is 1. The van der Waals surface area contributed by atoms with Gasteiger partial charge in [-0.2, -0.15) is 0 Å². The van der Waals surface area contributed by atoms with E-state index in [9.17, 15) is 23.4 Å². The van der Waals surface area contributed by atoms with Gasteiger partial charge in [0.05, 0.1) is 11.9 Å². The summed E-state index contributed by atoms with van der Waals surface area (Å²) in [6, 6.07) is 14.6. The van der Waals surface area contributed by atoms with Crippen LogP contribution in [0.1, 0.15) is 49.7 Å². The quantitative estimate of drug-likeness (QED) is 0.238. The molecule has 8 nitrogen and oxygen atoms in total. The van der Waals surface area contributed by atoms with Crippen molar-refractivity contribution in [2.24, 2.45) is 0 Å².